The van der Waals surface area contributed by atoms with Gasteiger partial charge in [0.05, 0.1) is 29.3 Å². The number of halogens is 2. The lowest BCUT2D eigenvalue weighted by atomic mass is 9.91. The molecule has 0 aromatic carbocycles. The zero-order valence-electron chi connectivity index (χ0n) is 9.28. The summed E-state index contributed by atoms with van der Waals surface area (Å²) in [7, 11) is 0. The molecule has 0 bridgehead atoms. The van der Waals surface area contributed by atoms with Gasteiger partial charge in [-0.3, -0.25) is 4.79 Å². The average Bonchev–Trinajstić information content (AvgIpc) is 2.27. The Balaban J connectivity index is 2.09. The number of carbonyl (C=O) groups is 1. The third-order valence-corrected chi connectivity index (χ3v) is 3.64. The minimum absolute atomic E-state index is 0.178. The summed E-state index contributed by atoms with van der Waals surface area (Å²) in [6.45, 7) is 2.59. The molecule has 1 amide bonds. The minimum Gasteiger partial charge on any atom is -0.386 e. The molecule has 2 rings (SSSR count). The van der Waals surface area contributed by atoms with Gasteiger partial charge in [-0.1, -0.05) is 30.1 Å². The number of rotatable bonds is 2. The average molecular weight is 275 g/mol. The Labute approximate surface area is 109 Å². The summed E-state index contributed by atoms with van der Waals surface area (Å²) in [5, 5.41) is 10.3. The molecule has 0 unspecified atom stereocenters. The van der Waals surface area contributed by atoms with E-state index in [1.165, 1.54) is 12.3 Å². The number of hydrogen-bond donors (Lipinski definition) is 1. The molecule has 0 saturated carbocycles. The molecule has 0 radical (unpaired) electrons. The quantitative estimate of drug-likeness (QED) is 0.840. The molecule has 1 aliphatic rings. The van der Waals surface area contributed by atoms with Crippen LogP contribution in [0.1, 0.15) is 23.7 Å². The lowest BCUT2D eigenvalue weighted by Crippen LogP contribution is -2.63. The van der Waals surface area contributed by atoms with E-state index >= 15 is 0 Å². The van der Waals surface area contributed by atoms with Gasteiger partial charge in [0.25, 0.3) is 5.91 Å². The van der Waals surface area contributed by atoms with Crippen molar-refractivity contribution in [1.29, 1.82) is 0 Å². The second-order valence-electron chi connectivity index (χ2n) is 4.24. The van der Waals surface area contributed by atoms with E-state index in [1.807, 2.05) is 6.92 Å². The van der Waals surface area contributed by atoms with Crippen LogP contribution in [0.25, 0.3) is 0 Å². The zero-order chi connectivity index (χ0) is 12.6. The topological polar surface area (TPSA) is 53.4 Å². The largest absolute Gasteiger partial charge is 0.386 e. The number of aromatic nitrogens is 1. The van der Waals surface area contributed by atoms with Gasteiger partial charge in [0.2, 0.25) is 0 Å². The Bertz CT molecular complexity index is 459. The highest BCUT2D eigenvalue weighted by atomic mass is 35.5. The van der Waals surface area contributed by atoms with Crippen LogP contribution in [-0.4, -0.2) is 39.6 Å². The summed E-state index contributed by atoms with van der Waals surface area (Å²) in [6.07, 6.45) is 2.02. The molecule has 0 aliphatic carbocycles. The molecule has 92 valence electrons. The Hall–Kier alpha value is -0.840. The fraction of sp³-hybridized carbons (Fsp3) is 0.455. The van der Waals surface area contributed by atoms with Crippen molar-refractivity contribution >= 4 is 29.1 Å². The molecular weight excluding hydrogens is 263 g/mol. The highest BCUT2D eigenvalue weighted by Crippen LogP contribution is 2.27. The number of β-amino-alcohol motifs (C(OH)–C–C–N with tert-alkyl or cyclic N) is 1. The smallest absolute Gasteiger partial charge is 0.255 e. The van der Waals surface area contributed by atoms with Gasteiger partial charge in [-0.2, -0.15) is 0 Å². The number of amides is 1. The molecular formula is C11H12Cl2N2O2. The summed E-state index contributed by atoms with van der Waals surface area (Å²) < 4.78 is 0. The first kappa shape index (κ1) is 12.6. The standard InChI is InChI=1S/C11H12Cl2N2O2/c1-2-11(17)5-15(6-11)10(16)7-3-8(12)9(13)14-4-7/h3-4,17H,2,5-6H2,1H3. The Morgan fingerprint density at radius 2 is 2.24 bits per heavy atom. The number of hydrogen-bond acceptors (Lipinski definition) is 3. The maximum absolute atomic E-state index is 12.0. The van der Waals surface area contributed by atoms with Gasteiger partial charge in [-0.05, 0) is 12.5 Å². The van der Waals surface area contributed by atoms with E-state index in [4.69, 9.17) is 23.2 Å². The fourth-order valence-corrected chi connectivity index (χ4v) is 2.02. The maximum Gasteiger partial charge on any atom is 0.255 e. The van der Waals surface area contributed by atoms with Gasteiger partial charge >= 0.3 is 0 Å². The summed E-state index contributed by atoms with van der Waals surface area (Å²) in [6, 6.07) is 1.49. The van der Waals surface area contributed by atoms with Crippen molar-refractivity contribution in [3.05, 3.63) is 28.0 Å². The first-order valence-corrected chi connectivity index (χ1v) is 6.03. The van der Waals surface area contributed by atoms with Gasteiger partial charge in [0.1, 0.15) is 5.15 Å². The minimum atomic E-state index is -0.737. The molecule has 1 aliphatic heterocycles. The third kappa shape index (κ3) is 2.39. The van der Waals surface area contributed by atoms with E-state index < -0.39 is 5.60 Å². The van der Waals surface area contributed by atoms with Crippen LogP contribution in [0.3, 0.4) is 0 Å². The monoisotopic (exact) mass is 274 g/mol. The Morgan fingerprint density at radius 1 is 1.59 bits per heavy atom. The summed E-state index contributed by atoms with van der Waals surface area (Å²) in [4.78, 5) is 17.3. The number of aliphatic hydroxyl groups is 1. The molecule has 6 heteroatoms. The van der Waals surface area contributed by atoms with Crippen LogP contribution in [0.15, 0.2) is 12.3 Å². The van der Waals surface area contributed by atoms with Gasteiger partial charge in [-0.15, -0.1) is 0 Å². The maximum atomic E-state index is 12.0. The number of pyridine rings is 1. The lowest BCUT2D eigenvalue weighted by molar-refractivity contribution is -0.0826. The van der Waals surface area contributed by atoms with Crippen LogP contribution in [0.4, 0.5) is 0 Å². The van der Waals surface area contributed by atoms with Crippen LogP contribution >= 0.6 is 23.2 Å². The Morgan fingerprint density at radius 3 is 2.76 bits per heavy atom. The third-order valence-electron chi connectivity index (χ3n) is 2.96. The van der Waals surface area contributed by atoms with E-state index in [0.717, 1.165) is 0 Å². The second-order valence-corrected chi connectivity index (χ2v) is 5.00. The van der Waals surface area contributed by atoms with Crippen LogP contribution in [0, 0.1) is 0 Å². The van der Waals surface area contributed by atoms with Crippen molar-refractivity contribution in [2.24, 2.45) is 0 Å². The van der Waals surface area contributed by atoms with E-state index in [0.29, 0.717) is 25.1 Å². The SMILES string of the molecule is CCC1(O)CN(C(=O)c2cnc(Cl)c(Cl)c2)C1. The molecule has 17 heavy (non-hydrogen) atoms. The van der Waals surface area contributed by atoms with Crippen molar-refractivity contribution in [1.82, 2.24) is 9.88 Å². The molecule has 1 N–H and O–H groups in total. The number of nitrogens with zero attached hydrogens (tertiary/aromatic N) is 2. The van der Waals surface area contributed by atoms with E-state index in [9.17, 15) is 9.90 Å². The first-order valence-electron chi connectivity index (χ1n) is 5.28. The summed E-state index contributed by atoms with van der Waals surface area (Å²) in [5.41, 5.74) is -0.350. The van der Waals surface area contributed by atoms with Gasteiger partial charge < -0.3 is 10.0 Å². The molecule has 0 atom stereocenters. The molecule has 1 aromatic rings. The van der Waals surface area contributed by atoms with Crippen molar-refractivity contribution in [3.8, 4) is 0 Å². The molecule has 2 heterocycles. The fourth-order valence-electron chi connectivity index (χ4n) is 1.75. The van der Waals surface area contributed by atoms with Crippen molar-refractivity contribution in [2.45, 2.75) is 18.9 Å². The highest BCUT2D eigenvalue weighted by molar-refractivity contribution is 6.41. The molecule has 1 saturated heterocycles. The van der Waals surface area contributed by atoms with Gasteiger partial charge in [-0.25, -0.2) is 4.98 Å². The van der Waals surface area contributed by atoms with Crippen molar-refractivity contribution < 1.29 is 9.90 Å². The molecule has 1 aromatic heterocycles. The lowest BCUT2D eigenvalue weighted by Gasteiger charge is -2.46. The van der Waals surface area contributed by atoms with E-state index in [2.05, 4.69) is 4.98 Å². The zero-order valence-corrected chi connectivity index (χ0v) is 10.8. The highest BCUT2D eigenvalue weighted by Gasteiger charge is 2.42. The number of likely N-dealkylation sites (tertiary alicyclic amines) is 1. The van der Waals surface area contributed by atoms with Crippen molar-refractivity contribution in [3.63, 3.8) is 0 Å². The van der Waals surface area contributed by atoms with E-state index in [-0.39, 0.29) is 16.1 Å². The Kier molecular flexibility index (Phi) is 3.30. The van der Waals surface area contributed by atoms with Crippen LogP contribution in [0.2, 0.25) is 10.2 Å². The predicted octanol–water partition coefficient (Wildman–Crippen LogP) is 1.99. The van der Waals surface area contributed by atoms with Crippen LogP contribution < -0.4 is 0 Å². The van der Waals surface area contributed by atoms with Gasteiger partial charge in [0, 0.05) is 6.20 Å². The molecule has 1 fully saturated rings. The normalized spacial score (nSPS) is 17.8. The molecule has 0 spiro atoms. The van der Waals surface area contributed by atoms with Crippen LogP contribution in [-0.2, 0) is 0 Å². The van der Waals surface area contributed by atoms with Crippen LogP contribution in [0.5, 0.6) is 0 Å². The van der Waals surface area contributed by atoms with Gasteiger partial charge in [0.15, 0.2) is 0 Å². The molecule has 4 nitrogen and oxygen atoms in total. The summed E-state index contributed by atoms with van der Waals surface area (Å²) in [5.74, 6) is -0.186. The summed E-state index contributed by atoms with van der Waals surface area (Å²) >= 11 is 11.5. The van der Waals surface area contributed by atoms with Crippen molar-refractivity contribution in [2.75, 3.05) is 13.1 Å². The first-order chi connectivity index (χ1) is 7.95. The predicted molar refractivity (Wildman–Crippen MR) is 65.4 cm³/mol. The van der Waals surface area contributed by atoms with E-state index in [1.54, 1.807) is 4.90 Å². The number of carbonyl (C=O) groups excluding carboxylic acids is 1. The second kappa shape index (κ2) is 4.44.